The Labute approximate surface area is 119 Å². The van der Waals surface area contributed by atoms with Gasteiger partial charge in [0.1, 0.15) is 0 Å². The van der Waals surface area contributed by atoms with Gasteiger partial charge in [0.2, 0.25) is 0 Å². The standard InChI is InChI=1S/C15H22N2O3/c1-10-5-4-6-13(9-10)7-8-16-15(20)17-12(3)11(2)14(18)19/h4-6,9,11-12H,7-8H2,1-3H3,(H,18,19)(H2,16,17,20). The second kappa shape index (κ2) is 7.53. The van der Waals surface area contributed by atoms with E-state index in [1.807, 2.05) is 25.1 Å². The fourth-order valence-electron chi connectivity index (χ4n) is 1.78. The number of benzene rings is 1. The number of rotatable bonds is 6. The van der Waals surface area contributed by atoms with Crippen molar-refractivity contribution in [1.82, 2.24) is 10.6 Å². The van der Waals surface area contributed by atoms with Crippen LogP contribution in [0.1, 0.15) is 25.0 Å². The summed E-state index contributed by atoms with van der Waals surface area (Å²) in [4.78, 5) is 22.4. The number of amides is 2. The normalized spacial score (nSPS) is 13.3. The van der Waals surface area contributed by atoms with Crippen LogP contribution in [0.3, 0.4) is 0 Å². The smallest absolute Gasteiger partial charge is 0.315 e. The molecular weight excluding hydrogens is 256 g/mol. The predicted molar refractivity (Wildman–Crippen MR) is 77.7 cm³/mol. The summed E-state index contributed by atoms with van der Waals surface area (Å²) in [5.41, 5.74) is 2.35. The number of hydrogen-bond donors (Lipinski definition) is 3. The van der Waals surface area contributed by atoms with E-state index in [9.17, 15) is 9.59 Å². The summed E-state index contributed by atoms with van der Waals surface area (Å²) in [6.45, 7) is 5.79. The van der Waals surface area contributed by atoms with Crippen LogP contribution in [0.4, 0.5) is 4.79 Å². The van der Waals surface area contributed by atoms with Crippen molar-refractivity contribution in [3.63, 3.8) is 0 Å². The summed E-state index contributed by atoms with van der Waals surface area (Å²) in [7, 11) is 0. The molecule has 2 amide bonds. The average molecular weight is 278 g/mol. The summed E-state index contributed by atoms with van der Waals surface area (Å²) in [5.74, 6) is -1.53. The summed E-state index contributed by atoms with van der Waals surface area (Å²) in [6.07, 6.45) is 0.748. The molecule has 5 heteroatoms. The Morgan fingerprint density at radius 3 is 2.60 bits per heavy atom. The van der Waals surface area contributed by atoms with Crippen LogP contribution in [-0.4, -0.2) is 29.7 Å². The van der Waals surface area contributed by atoms with Crippen molar-refractivity contribution in [3.8, 4) is 0 Å². The third-order valence-electron chi connectivity index (χ3n) is 3.28. The first-order chi connectivity index (χ1) is 9.40. The van der Waals surface area contributed by atoms with E-state index >= 15 is 0 Å². The van der Waals surface area contributed by atoms with E-state index in [-0.39, 0.29) is 6.03 Å². The SMILES string of the molecule is Cc1cccc(CCNC(=O)NC(C)C(C)C(=O)O)c1. The second-order valence-electron chi connectivity index (χ2n) is 5.05. The van der Waals surface area contributed by atoms with E-state index in [0.717, 1.165) is 12.0 Å². The molecule has 0 radical (unpaired) electrons. The van der Waals surface area contributed by atoms with Crippen LogP contribution in [0.5, 0.6) is 0 Å². The molecule has 0 bridgehead atoms. The molecule has 20 heavy (non-hydrogen) atoms. The number of hydrogen-bond acceptors (Lipinski definition) is 2. The third kappa shape index (κ3) is 5.30. The van der Waals surface area contributed by atoms with Crippen molar-refractivity contribution in [2.45, 2.75) is 33.2 Å². The van der Waals surface area contributed by atoms with Crippen molar-refractivity contribution in [2.24, 2.45) is 5.92 Å². The number of aliphatic carboxylic acids is 1. The van der Waals surface area contributed by atoms with Crippen LogP contribution in [0.15, 0.2) is 24.3 Å². The largest absolute Gasteiger partial charge is 0.481 e. The Morgan fingerprint density at radius 1 is 1.30 bits per heavy atom. The van der Waals surface area contributed by atoms with Crippen LogP contribution >= 0.6 is 0 Å². The van der Waals surface area contributed by atoms with Gasteiger partial charge in [-0.3, -0.25) is 4.79 Å². The van der Waals surface area contributed by atoms with Crippen molar-refractivity contribution in [2.75, 3.05) is 6.54 Å². The average Bonchev–Trinajstić information content (AvgIpc) is 2.37. The van der Waals surface area contributed by atoms with Crippen LogP contribution < -0.4 is 10.6 Å². The molecule has 0 saturated heterocycles. The van der Waals surface area contributed by atoms with Crippen molar-refractivity contribution >= 4 is 12.0 Å². The van der Waals surface area contributed by atoms with Gasteiger partial charge in [-0.15, -0.1) is 0 Å². The molecule has 0 aliphatic carbocycles. The lowest BCUT2D eigenvalue weighted by molar-refractivity contribution is -0.141. The number of urea groups is 1. The highest BCUT2D eigenvalue weighted by Gasteiger charge is 2.20. The minimum Gasteiger partial charge on any atom is -0.481 e. The van der Waals surface area contributed by atoms with Crippen LogP contribution in [-0.2, 0) is 11.2 Å². The highest BCUT2D eigenvalue weighted by molar-refractivity contribution is 5.76. The molecular formula is C15H22N2O3. The van der Waals surface area contributed by atoms with E-state index in [1.165, 1.54) is 5.56 Å². The van der Waals surface area contributed by atoms with Gasteiger partial charge in [0.15, 0.2) is 0 Å². The number of aryl methyl sites for hydroxylation is 1. The summed E-state index contributed by atoms with van der Waals surface area (Å²) in [5, 5.41) is 14.2. The lowest BCUT2D eigenvalue weighted by Crippen LogP contribution is -2.45. The van der Waals surface area contributed by atoms with Gasteiger partial charge in [-0.25, -0.2) is 4.79 Å². The van der Waals surface area contributed by atoms with Crippen LogP contribution in [0, 0.1) is 12.8 Å². The van der Waals surface area contributed by atoms with Gasteiger partial charge in [0, 0.05) is 12.6 Å². The molecule has 0 aliphatic heterocycles. The molecule has 5 nitrogen and oxygen atoms in total. The number of nitrogens with one attached hydrogen (secondary N) is 2. The summed E-state index contributed by atoms with van der Waals surface area (Å²) in [6, 6.07) is 7.36. The lowest BCUT2D eigenvalue weighted by Gasteiger charge is -2.18. The Bertz CT molecular complexity index is 474. The zero-order valence-corrected chi connectivity index (χ0v) is 12.1. The van der Waals surface area contributed by atoms with Gasteiger partial charge in [-0.2, -0.15) is 0 Å². The molecule has 1 aromatic rings. The zero-order valence-electron chi connectivity index (χ0n) is 12.1. The van der Waals surface area contributed by atoms with Gasteiger partial charge in [0.25, 0.3) is 0 Å². The van der Waals surface area contributed by atoms with Crippen molar-refractivity contribution in [1.29, 1.82) is 0 Å². The fraction of sp³-hybridized carbons (Fsp3) is 0.467. The number of carboxylic acids is 1. The molecule has 110 valence electrons. The molecule has 3 N–H and O–H groups in total. The van der Waals surface area contributed by atoms with Gasteiger partial charge in [-0.05, 0) is 32.8 Å². The minimum absolute atomic E-state index is 0.335. The zero-order chi connectivity index (χ0) is 15.1. The van der Waals surface area contributed by atoms with Gasteiger partial charge in [-0.1, -0.05) is 29.8 Å². The highest BCUT2D eigenvalue weighted by Crippen LogP contribution is 2.04. The maximum atomic E-state index is 11.6. The van der Waals surface area contributed by atoms with Gasteiger partial charge in [0.05, 0.1) is 5.92 Å². The van der Waals surface area contributed by atoms with Crippen molar-refractivity contribution < 1.29 is 14.7 Å². The Hall–Kier alpha value is -2.04. The first-order valence-corrected chi connectivity index (χ1v) is 6.73. The van der Waals surface area contributed by atoms with E-state index in [1.54, 1.807) is 13.8 Å². The second-order valence-corrected chi connectivity index (χ2v) is 5.05. The molecule has 0 fully saturated rings. The van der Waals surface area contributed by atoms with Crippen LogP contribution in [0.25, 0.3) is 0 Å². The summed E-state index contributed by atoms with van der Waals surface area (Å²) < 4.78 is 0. The molecule has 0 saturated carbocycles. The lowest BCUT2D eigenvalue weighted by atomic mass is 10.0. The molecule has 2 atom stereocenters. The number of carboxylic acid groups (broad SMARTS) is 1. The molecule has 2 unspecified atom stereocenters. The van der Waals surface area contributed by atoms with Crippen LogP contribution in [0.2, 0.25) is 0 Å². The highest BCUT2D eigenvalue weighted by atomic mass is 16.4. The third-order valence-corrected chi connectivity index (χ3v) is 3.28. The Morgan fingerprint density at radius 2 is 2.00 bits per heavy atom. The summed E-state index contributed by atoms with van der Waals surface area (Å²) >= 11 is 0. The van der Waals surface area contributed by atoms with Crippen molar-refractivity contribution in [3.05, 3.63) is 35.4 Å². The van der Waals surface area contributed by atoms with E-state index in [2.05, 4.69) is 16.7 Å². The number of carbonyl (C=O) groups excluding carboxylic acids is 1. The quantitative estimate of drug-likeness (QED) is 0.744. The molecule has 0 spiro atoms. The minimum atomic E-state index is -0.919. The molecule has 0 aromatic heterocycles. The van der Waals surface area contributed by atoms with Gasteiger partial charge < -0.3 is 15.7 Å². The number of carbonyl (C=O) groups is 2. The molecule has 1 aromatic carbocycles. The maximum Gasteiger partial charge on any atom is 0.315 e. The van der Waals surface area contributed by atoms with E-state index in [4.69, 9.17) is 5.11 Å². The maximum absolute atomic E-state index is 11.6. The fourth-order valence-corrected chi connectivity index (χ4v) is 1.78. The monoisotopic (exact) mass is 278 g/mol. The first-order valence-electron chi connectivity index (χ1n) is 6.73. The Kier molecular flexibility index (Phi) is 6.03. The molecule has 1 rings (SSSR count). The van der Waals surface area contributed by atoms with E-state index in [0.29, 0.717) is 6.54 Å². The first kappa shape index (κ1) is 16.0. The molecule has 0 aliphatic rings. The predicted octanol–water partition coefficient (Wildman–Crippen LogP) is 1.95. The Balaban J connectivity index is 2.32. The topological polar surface area (TPSA) is 78.4 Å². The molecule has 0 heterocycles. The van der Waals surface area contributed by atoms with Gasteiger partial charge >= 0.3 is 12.0 Å². The van der Waals surface area contributed by atoms with E-state index < -0.39 is 17.9 Å².